The van der Waals surface area contributed by atoms with E-state index in [4.69, 9.17) is 10.5 Å². The van der Waals surface area contributed by atoms with E-state index in [-0.39, 0.29) is 17.8 Å². The summed E-state index contributed by atoms with van der Waals surface area (Å²) in [7, 11) is 0. The summed E-state index contributed by atoms with van der Waals surface area (Å²) in [5.41, 5.74) is 1.07. The fourth-order valence-electron chi connectivity index (χ4n) is 1.85. The average molecular weight is 198 g/mol. The highest BCUT2D eigenvalue weighted by Gasteiger charge is 2.24. The number of rotatable bonds is 3. The Morgan fingerprint density at radius 3 is 1.80 bits per heavy atom. The number of nitrogens with zero attached hydrogens (tertiary/aromatic N) is 2. The van der Waals surface area contributed by atoms with Crippen molar-refractivity contribution in [3.63, 3.8) is 0 Å². The summed E-state index contributed by atoms with van der Waals surface area (Å²) in [6, 6.07) is 14.2. The molecule has 76 valence electrons. The minimum atomic E-state index is -0.137. The first-order valence-corrected chi connectivity index (χ1v) is 5.05. The van der Waals surface area contributed by atoms with Crippen molar-refractivity contribution in [3.8, 4) is 12.1 Å². The van der Waals surface area contributed by atoms with E-state index in [2.05, 4.69) is 12.1 Å². The molecule has 0 aliphatic heterocycles. The largest absolute Gasteiger partial charge is 0.198 e. The van der Waals surface area contributed by atoms with Gasteiger partial charge in [-0.25, -0.2) is 0 Å². The Hall–Kier alpha value is -1.80. The molecule has 0 spiro atoms. The third kappa shape index (κ3) is 2.58. The lowest BCUT2D eigenvalue weighted by Crippen LogP contribution is -2.15. The zero-order chi connectivity index (χ0) is 11.3. The second-order valence-corrected chi connectivity index (χ2v) is 3.77. The van der Waals surface area contributed by atoms with Gasteiger partial charge < -0.3 is 0 Å². The second-order valence-electron chi connectivity index (χ2n) is 3.77. The molecular weight excluding hydrogens is 184 g/mol. The topological polar surface area (TPSA) is 47.6 Å². The first-order valence-electron chi connectivity index (χ1n) is 5.05. The van der Waals surface area contributed by atoms with Crippen molar-refractivity contribution in [2.45, 2.75) is 19.8 Å². The first kappa shape index (κ1) is 11.3. The molecule has 0 aliphatic rings. The zero-order valence-corrected chi connectivity index (χ0v) is 9.01. The molecule has 0 heterocycles. The van der Waals surface area contributed by atoms with Crippen LogP contribution in [0.5, 0.6) is 0 Å². The Kier molecular flexibility index (Phi) is 3.89. The molecule has 0 aliphatic carbocycles. The van der Waals surface area contributed by atoms with E-state index < -0.39 is 0 Å². The summed E-state index contributed by atoms with van der Waals surface area (Å²) in [5.74, 6) is -0.273. The maximum absolute atomic E-state index is 8.95. The fourth-order valence-corrected chi connectivity index (χ4v) is 1.85. The predicted molar refractivity (Wildman–Crippen MR) is 58.7 cm³/mol. The number of hydrogen-bond acceptors (Lipinski definition) is 2. The average Bonchev–Trinajstić information content (AvgIpc) is 2.30. The number of benzene rings is 1. The summed E-state index contributed by atoms with van der Waals surface area (Å²) < 4.78 is 0. The van der Waals surface area contributed by atoms with Crippen LogP contribution in [-0.4, -0.2) is 0 Å². The summed E-state index contributed by atoms with van der Waals surface area (Å²) in [6.45, 7) is 3.73. The molecule has 0 saturated carbocycles. The molecule has 1 rings (SSSR count). The monoisotopic (exact) mass is 198 g/mol. The van der Waals surface area contributed by atoms with Gasteiger partial charge in [0, 0.05) is 5.92 Å². The van der Waals surface area contributed by atoms with Crippen LogP contribution in [0.2, 0.25) is 0 Å². The van der Waals surface area contributed by atoms with Crippen LogP contribution in [0, 0.1) is 34.5 Å². The van der Waals surface area contributed by atoms with Gasteiger partial charge in [0.25, 0.3) is 0 Å². The number of nitriles is 2. The third-order valence-corrected chi connectivity index (χ3v) is 2.67. The van der Waals surface area contributed by atoms with Crippen LogP contribution in [0.1, 0.15) is 25.3 Å². The Morgan fingerprint density at radius 2 is 1.40 bits per heavy atom. The molecular formula is C13H14N2. The van der Waals surface area contributed by atoms with Crippen molar-refractivity contribution in [3.05, 3.63) is 35.9 Å². The van der Waals surface area contributed by atoms with Gasteiger partial charge in [0.2, 0.25) is 0 Å². The lowest BCUT2D eigenvalue weighted by Gasteiger charge is -2.21. The van der Waals surface area contributed by atoms with Gasteiger partial charge in [0.05, 0.1) is 24.0 Å². The van der Waals surface area contributed by atoms with Gasteiger partial charge in [-0.1, -0.05) is 30.3 Å². The van der Waals surface area contributed by atoms with E-state index in [1.54, 1.807) is 0 Å². The Bertz CT molecular complexity index is 363. The van der Waals surface area contributed by atoms with Crippen molar-refractivity contribution >= 4 is 0 Å². The van der Waals surface area contributed by atoms with Crippen LogP contribution < -0.4 is 0 Å². The lowest BCUT2D eigenvalue weighted by atomic mass is 9.80. The Labute approximate surface area is 90.8 Å². The highest BCUT2D eigenvalue weighted by atomic mass is 14.4. The molecule has 0 fully saturated rings. The quantitative estimate of drug-likeness (QED) is 0.749. The highest BCUT2D eigenvalue weighted by Crippen LogP contribution is 2.31. The van der Waals surface area contributed by atoms with Crippen LogP contribution >= 0.6 is 0 Å². The smallest absolute Gasteiger partial charge is 0.0659 e. The minimum absolute atomic E-state index is 0.00111. The molecule has 2 heteroatoms. The van der Waals surface area contributed by atoms with Crippen molar-refractivity contribution in [2.24, 2.45) is 11.8 Å². The maximum atomic E-state index is 8.95. The van der Waals surface area contributed by atoms with E-state index in [0.29, 0.717) is 0 Å². The predicted octanol–water partition coefficient (Wildman–Crippen LogP) is 3.09. The van der Waals surface area contributed by atoms with Gasteiger partial charge in [-0.15, -0.1) is 0 Å². The lowest BCUT2D eigenvalue weighted by molar-refractivity contribution is 0.466. The number of hydrogen-bond donors (Lipinski definition) is 0. The Balaban J connectivity index is 3.04. The standard InChI is InChI=1S/C13H14N2/c1-10(8-14)13(11(2)9-15)12-6-4-3-5-7-12/h3-7,10-11,13H,1-2H3. The van der Waals surface area contributed by atoms with Gasteiger partial charge >= 0.3 is 0 Å². The highest BCUT2D eigenvalue weighted by molar-refractivity contribution is 5.24. The summed E-state index contributed by atoms with van der Waals surface area (Å²) >= 11 is 0. The normalized spacial score (nSPS) is 15.7. The van der Waals surface area contributed by atoms with Crippen molar-refractivity contribution in [1.82, 2.24) is 0 Å². The maximum Gasteiger partial charge on any atom is 0.0659 e. The second kappa shape index (κ2) is 5.17. The molecule has 0 saturated heterocycles. The van der Waals surface area contributed by atoms with Crippen LogP contribution in [0.4, 0.5) is 0 Å². The van der Waals surface area contributed by atoms with Crippen LogP contribution in [0.15, 0.2) is 30.3 Å². The van der Waals surface area contributed by atoms with E-state index in [1.165, 1.54) is 0 Å². The molecule has 0 aromatic heterocycles. The molecule has 2 atom stereocenters. The molecule has 2 unspecified atom stereocenters. The van der Waals surface area contributed by atoms with Gasteiger partial charge in [-0.2, -0.15) is 10.5 Å². The third-order valence-electron chi connectivity index (χ3n) is 2.67. The molecule has 0 radical (unpaired) electrons. The Morgan fingerprint density at radius 1 is 0.933 bits per heavy atom. The summed E-state index contributed by atoms with van der Waals surface area (Å²) in [4.78, 5) is 0. The van der Waals surface area contributed by atoms with E-state index >= 15 is 0 Å². The molecule has 0 N–H and O–H groups in total. The SMILES string of the molecule is CC(C#N)C(c1ccccc1)C(C)C#N. The first-order chi connectivity index (χ1) is 7.20. The van der Waals surface area contributed by atoms with E-state index in [1.807, 2.05) is 44.2 Å². The summed E-state index contributed by atoms with van der Waals surface area (Å²) in [5, 5.41) is 17.9. The van der Waals surface area contributed by atoms with Gasteiger partial charge in [-0.3, -0.25) is 0 Å². The van der Waals surface area contributed by atoms with Crippen LogP contribution in [0.3, 0.4) is 0 Å². The zero-order valence-electron chi connectivity index (χ0n) is 9.01. The van der Waals surface area contributed by atoms with Crippen LogP contribution in [0.25, 0.3) is 0 Å². The van der Waals surface area contributed by atoms with Gasteiger partial charge in [-0.05, 0) is 19.4 Å². The fraction of sp³-hybridized carbons (Fsp3) is 0.385. The van der Waals surface area contributed by atoms with E-state index in [0.717, 1.165) is 5.56 Å². The molecule has 1 aromatic rings. The minimum Gasteiger partial charge on any atom is -0.198 e. The molecule has 15 heavy (non-hydrogen) atoms. The molecule has 2 nitrogen and oxygen atoms in total. The van der Waals surface area contributed by atoms with Crippen molar-refractivity contribution in [1.29, 1.82) is 10.5 Å². The summed E-state index contributed by atoms with van der Waals surface area (Å²) in [6.07, 6.45) is 0. The van der Waals surface area contributed by atoms with Crippen LogP contribution in [-0.2, 0) is 0 Å². The van der Waals surface area contributed by atoms with E-state index in [9.17, 15) is 0 Å². The van der Waals surface area contributed by atoms with Gasteiger partial charge in [0.1, 0.15) is 0 Å². The molecule has 1 aromatic carbocycles. The van der Waals surface area contributed by atoms with Crippen molar-refractivity contribution in [2.75, 3.05) is 0 Å². The van der Waals surface area contributed by atoms with Gasteiger partial charge in [0.15, 0.2) is 0 Å². The molecule has 0 bridgehead atoms. The molecule has 0 amide bonds. The van der Waals surface area contributed by atoms with Crippen molar-refractivity contribution < 1.29 is 0 Å².